The molecule has 0 spiro atoms. The molecule has 3 rings (SSSR count). The third-order valence-corrected chi connectivity index (χ3v) is 5.90. The van der Waals surface area contributed by atoms with Gasteiger partial charge in [-0.25, -0.2) is 18.1 Å². The summed E-state index contributed by atoms with van der Waals surface area (Å²) in [6, 6.07) is 12.1. The highest BCUT2D eigenvalue weighted by molar-refractivity contribution is 7.89. The van der Waals surface area contributed by atoms with Gasteiger partial charge in [0.15, 0.2) is 0 Å². The number of carbonyl (C=O) groups is 2. The summed E-state index contributed by atoms with van der Waals surface area (Å²) in [6.45, 7) is 2.77. The van der Waals surface area contributed by atoms with Gasteiger partial charge in [0.2, 0.25) is 15.9 Å². The lowest BCUT2D eigenvalue weighted by Crippen LogP contribution is -2.27. The third kappa shape index (κ3) is 5.77. The number of amides is 1. The Kier molecular flexibility index (Phi) is 7.01. The van der Waals surface area contributed by atoms with Crippen LogP contribution in [0.1, 0.15) is 24.7 Å². The fraction of sp³-hybridized carbons (Fsp3) is 0.238. The molecule has 0 saturated carbocycles. The Morgan fingerprint density at radius 3 is 2.53 bits per heavy atom. The summed E-state index contributed by atoms with van der Waals surface area (Å²) in [6.07, 6.45) is -0.200. The first-order chi connectivity index (χ1) is 15.2. The molecule has 0 aliphatic heterocycles. The van der Waals surface area contributed by atoms with E-state index in [2.05, 4.69) is 15.0 Å². The first-order valence-corrected chi connectivity index (χ1v) is 11.2. The predicted octanol–water partition coefficient (Wildman–Crippen LogP) is 1.37. The number of hydrogen-bond acceptors (Lipinski definition) is 7. The minimum atomic E-state index is -3.83. The van der Waals surface area contributed by atoms with E-state index in [4.69, 9.17) is 4.74 Å². The Morgan fingerprint density at radius 2 is 1.84 bits per heavy atom. The van der Waals surface area contributed by atoms with Crippen LogP contribution in [0.25, 0.3) is 5.65 Å². The number of nitrogens with zero attached hydrogens (tertiary/aromatic N) is 2. The van der Waals surface area contributed by atoms with Crippen LogP contribution in [0.5, 0.6) is 0 Å². The summed E-state index contributed by atoms with van der Waals surface area (Å²) in [5.74, 6) is -0.906. The molecule has 2 aromatic heterocycles. The molecular weight excluding hydrogens is 436 g/mol. The number of aryl methyl sites for hydroxylation is 1. The van der Waals surface area contributed by atoms with E-state index >= 15 is 0 Å². The summed E-state index contributed by atoms with van der Waals surface area (Å²) in [5, 5.41) is 2.54. The molecule has 0 aliphatic carbocycles. The molecule has 0 fully saturated rings. The van der Waals surface area contributed by atoms with Crippen molar-refractivity contribution >= 4 is 33.2 Å². The minimum absolute atomic E-state index is 0.00361. The topological polar surface area (TPSA) is 136 Å². The average molecular weight is 458 g/mol. The van der Waals surface area contributed by atoms with Gasteiger partial charge < -0.3 is 10.1 Å². The van der Waals surface area contributed by atoms with Crippen LogP contribution in [-0.2, 0) is 31.0 Å². The molecule has 0 unspecified atom stereocenters. The average Bonchev–Trinajstić information content (AvgIpc) is 2.72. The van der Waals surface area contributed by atoms with Crippen molar-refractivity contribution in [3.05, 3.63) is 70.3 Å². The highest BCUT2D eigenvalue weighted by atomic mass is 32.2. The predicted molar refractivity (Wildman–Crippen MR) is 117 cm³/mol. The zero-order valence-corrected chi connectivity index (χ0v) is 18.3. The molecule has 1 aromatic carbocycles. The second-order valence-electron chi connectivity index (χ2n) is 6.96. The number of pyridine rings is 1. The number of hydrogen-bond donors (Lipinski definition) is 2. The maximum Gasteiger partial charge on any atom is 0.307 e. The minimum Gasteiger partial charge on any atom is -0.459 e. The Hall–Kier alpha value is -3.57. The lowest BCUT2D eigenvalue weighted by Gasteiger charge is -2.09. The molecule has 2 heterocycles. The molecule has 0 aliphatic rings. The molecule has 168 valence electrons. The van der Waals surface area contributed by atoms with Crippen molar-refractivity contribution in [3.63, 3.8) is 0 Å². The smallest absolute Gasteiger partial charge is 0.307 e. The standard InChI is InChI=1S/C21H22N4O6S/c1-14-4-3-5-19-24-17(12-20(27)25(14)19)13-31-21(28)10-11-22-32(29,30)18-8-6-16(7-9-18)23-15(2)26/h3-9,12,22H,10-11,13H2,1-2H3,(H,23,26). The van der Waals surface area contributed by atoms with Gasteiger partial charge in [-0.05, 0) is 43.3 Å². The first kappa shape index (κ1) is 23.1. The lowest BCUT2D eigenvalue weighted by atomic mass is 10.3. The molecule has 0 bridgehead atoms. The van der Waals surface area contributed by atoms with Gasteiger partial charge in [-0.3, -0.25) is 18.8 Å². The summed E-state index contributed by atoms with van der Waals surface area (Å²) < 4.78 is 33.5. The molecule has 32 heavy (non-hydrogen) atoms. The first-order valence-electron chi connectivity index (χ1n) is 9.67. The van der Waals surface area contributed by atoms with Crippen molar-refractivity contribution in [2.24, 2.45) is 0 Å². The molecule has 0 saturated heterocycles. The monoisotopic (exact) mass is 458 g/mol. The van der Waals surface area contributed by atoms with Crippen molar-refractivity contribution in [2.45, 2.75) is 31.8 Å². The van der Waals surface area contributed by atoms with Gasteiger partial charge in [-0.15, -0.1) is 0 Å². The van der Waals surface area contributed by atoms with Crippen LogP contribution < -0.4 is 15.6 Å². The number of esters is 1. The second kappa shape index (κ2) is 9.71. The number of benzene rings is 1. The number of anilines is 1. The number of rotatable bonds is 8. The SMILES string of the molecule is CC(=O)Nc1ccc(S(=O)(=O)NCCC(=O)OCc2cc(=O)n3c(C)cccc3n2)cc1. The van der Waals surface area contributed by atoms with Gasteiger partial charge in [0.25, 0.3) is 5.56 Å². The Morgan fingerprint density at radius 1 is 1.12 bits per heavy atom. The summed E-state index contributed by atoms with van der Waals surface area (Å²) in [4.78, 5) is 39.5. The van der Waals surface area contributed by atoms with Crippen LogP contribution in [0.4, 0.5) is 5.69 Å². The number of ether oxygens (including phenoxy) is 1. The maximum absolute atomic E-state index is 12.3. The number of nitrogens with one attached hydrogen (secondary N) is 2. The van der Waals surface area contributed by atoms with Crippen LogP contribution >= 0.6 is 0 Å². The zero-order valence-electron chi connectivity index (χ0n) is 17.5. The van der Waals surface area contributed by atoms with Gasteiger partial charge in [-0.2, -0.15) is 0 Å². The molecule has 10 nitrogen and oxygen atoms in total. The van der Waals surface area contributed by atoms with Gasteiger partial charge in [0, 0.05) is 30.9 Å². The molecular formula is C21H22N4O6S. The van der Waals surface area contributed by atoms with Crippen LogP contribution in [0, 0.1) is 6.92 Å². The van der Waals surface area contributed by atoms with E-state index in [1.165, 1.54) is 41.7 Å². The van der Waals surface area contributed by atoms with E-state index in [0.717, 1.165) is 5.69 Å². The molecule has 0 atom stereocenters. The van der Waals surface area contributed by atoms with Gasteiger partial charge in [0.1, 0.15) is 12.3 Å². The van der Waals surface area contributed by atoms with Crippen molar-refractivity contribution in [1.29, 1.82) is 0 Å². The largest absolute Gasteiger partial charge is 0.459 e. The maximum atomic E-state index is 12.3. The van der Waals surface area contributed by atoms with E-state index < -0.39 is 16.0 Å². The summed E-state index contributed by atoms with van der Waals surface area (Å²) in [5.41, 5.74) is 1.67. The van der Waals surface area contributed by atoms with Crippen LogP contribution in [-0.4, -0.2) is 36.2 Å². The van der Waals surface area contributed by atoms with Crippen LogP contribution in [0.3, 0.4) is 0 Å². The summed E-state index contributed by atoms with van der Waals surface area (Å²) in [7, 11) is -3.83. The molecule has 1 amide bonds. The Balaban J connectivity index is 1.52. The Labute approximate surface area is 184 Å². The molecule has 0 radical (unpaired) electrons. The zero-order chi connectivity index (χ0) is 23.3. The van der Waals surface area contributed by atoms with E-state index in [-0.39, 0.29) is 35.9 Å². The highest BCUT2D eigenvalue weighted by Crippen LogP contribution is 2.14. The quantitative estimate of drug-likeness (QED) is 0.487. The molecule has 11 heteroatoms. The fourth-order valence-electron chi connectivity index (χ4n) is 2.96. The fourth-order valence-corrected chi connectivity index (χ4v) is 3.99. The number of fused-ring (bicyclic) bond motifs is 1. The van der Waals surface area contributed by atoms with Crippen LogP contribution in [0.15, 0.2) is 58.2 Å². The number of carbonyl (C=O) groups excluding carboxylic acids is 2. The second-order valence-corrected chi connectivity index (χ2v) is 8.73. The number of aromatic nitrogens is 2. The van der Waals surface area contributed by atoms with E-state index in [1.54, 1.807) is 25.1 Å². The molecule has 2 N–H and O–H groups in total. The lowest BCUT2D eigenvalue weighted by molar-refractivity contribution is -0.144. The highest BCUT2D eigenvalue weighted by Gasteiger charge is 2.15. The third-order valence-electron chi connectivity index (χ3n) is 4.42. The van der Waals surface area contributed by atoms with E-state index in [1.807, 2.05) is 0 Å². The van der Waals surface area contributed by atoms with Gasteiger partial charge in [0.05, 0.1) is 17.0 Å². The normalized spacial score (nSPS) is 11.3. The van der Waals surface area contributed by atoms with Gasteiger partial charge in [-0.1, -0.05) is 6.07 Å². The number of sulfonamides is 1. The van der Waals surface area contributed by atoms with Gasteiger partial charge >= 0.3 is 5.97 Å². The van der Waals surface area contributed by atoms with E-state index in [9.17, 15) is 22.8 Å². The summed E-state index contributed by atoms with van der Waals surface area (Å²) >= 11 is 0. The Bertz CT molecular complexity index is 1320. The van der Waals surface area contributed by atoms with Crippen LogP contribution in [0.2, 0.25) is 0 Å². The van der Waals surface area contributed by atoms with Crippen molar-refractivity contribution < 1.29 is 22.7 Å². The van der Waals surface area contributed by atoms with Crippen molar-refractivity contribution in [3.8, 4) is 0 Å². The van der Waals surface area contributed by atoms with Crippen molar-refractivity contribution in [2.75, 3.05) is 11.9 Å². The van der Waals surface area contributed by atoms with E-state index in [0.29, 0.717) is 17.0 Å². The van der Waals surface area contributed by atoms with Crippen molar-refractivity contribution in [1.82, 2.24) is 14.1 Å². The molecule has 3 aromatic rings.